The molecule has 3 rings (SSSR count). The summed E-state index contributed by atoms with van der Waals surface area (Å²) in [6.07, 6.45) is 0. The lowest BCUT2D eigenvalue weighted by Crippen LogP contribution is -2.34. The van der Waals surface area contributed by atoms with Gasteiger partial charge in [0.05, 0.1) is 0 Å². The fraction of sp³-hybridized carbons (Fsp3) is 0.350. The van der Waals surface area contributed by atoms with Gasteiger partial charge in [0.1, 0.15) is 11.6 Å². The third kappa shape index (κ3) is 4.16. The molecule has 3 nitrogen and oxygen atoms in total. The second-order valence-corrected chi connectivity index (χ2v) is 7.03. The highest BCUT2D eigenvalue weighted by molar-refractivity contribution is 5.85. The fourth-order valence-corrected chi connectivity index (χ4v) is 3.05. The Morgan fingerprint density at radius 2 is 1.71 bits per heavy atom. The minimum absolute atomic E-state index is 0. The number of ether oxygens (including phenoxy) is 1. The number of carbonyl (C=O) groups is 1. The Labute approximate surface area is 150 Å². The van der Waals surface area contributed by atoms with Crippen LogP contribution in [0.4, 0.5) is 0 Å². The zero-order valence-electron chi connectivity index (χ0n) is 14.4. The zero-order chi connectivity index (χ0) is 16.4. The number of halogens is 1. The van der Waals surface area contributed by atoms with Crippen molar-refractivity contribution in [2.24, 2.45) is 0 Å². The van der Waals surface area contributed by atoms with Crippen molar-refractivity contribution < 1.29 is 9.53 Å². The number of fused-ring (bicyclic) bond motifs is 1. The van der Waals surface area contributed by atoms with Gasteiger partial charge in [0, 0.05) is 13.1 Å². The molecule has 4 heteroatoms. The van der Waals surface area contributed by atoms with E-state index in [-0.39, 0.29) is 24.4 Å². The molecule has 1 aliphatic rings. The molecule has 0 radical (unpaired) electrons. The van der Waals surface area contributed by atoms with Crippen molar-refractivity contribution in [1.82, 2.24) is 4.90 Å². The summed E-state index contributed by atoms with van der Waals surface area (Å²) in [6, 6.07) is 18.1. The minimum Gasteiger partial charge on any atom is -0.459 e. The summed E-state index contributed by atoms with van der Waals surface area (Å²) >= 11 is 0. The molecule has 0 aromatic heterocycles. The van der Waals surface area contributed by atoms with Crippen molar-refractivity contribution in [2.45, 2.75) is 45.5 Å². The molecule has 0 bridgehead atoms. The number of benzene rings is 2. The van der Waals surface area contributed by atoms with Crippen LogP contribution in [0.25, 0.3) is 0 Å². The third-order valence-electron chi connectivity index (χ3n) is 3.95. The molecular formula is C20H24ClNO2. The average molecular weight is 346 g/mol. The van der Waals surface area contributed by atoms with Crippen LogP contribution in [0.2, 0.25) is 0 Å². The van der Waals surface area contributed by atoms with E-state index in [4.69, 9.17) is 4.74 Å². The minimum atomic E-state index is -0.479. The summed E-state index contributed by atoms with van der Waals surface area (Å²) < 4.78 is 5.67. The molecule has 0 spiro atoms. The molecule has 1 heterocycles. The van der Waals surface area contributed by atoms with Crippen LogP contribution in [-0.4, -0.2) is 16.5 Å². The first-order valence-corrected chi connectivity index (χ1v) is 8.03. The maximum atomic E-state index is 12.8. The summed E-state index contributed by atoms with van der Waals surface area (Å²) in [7, 11) is 0. The molecule has 128 valence electrons. The molecule has 1 aliphatic heterocycles. The van der Waals surface area contributed by atoms with Gasteiger partial charge in [-0.05, 0) is 37.5 Å². The van der Waals surface area contributed by atoms with Crippen LogP contribution in [0.3, 0.4) is 0 Å². The maximum Gasteiger partial charge on any atom is 0.328 e. The van der Waals surface area contributed by atoms with Crippen LogP contribution < -0.4 is 0 Å². The van der Waals surface area contributed by atoms with Crippen molar-refractivity contribution in [3.8, 4) is 0 Å². The molecule has 24 heavy (non-hydrogen) atoms. The molecule has 0 aliphatic carbocycles. The van der Waals surface area contributed by atoms with Gasteiger partial charge in [-0.2, -0.15) is 0 Å². The van der Waals surface area contributed by atoms with E-state index >= 15 is 0 Å². The number of hydrogen-bond donors (Lipinski definition) is 0. The molecule has 0 amide bonds. The maximum absolute atomic E-state index is 12.8. The summed E-state index contributed by atoms with van der Waals surface area (Å²) in [4.78, 5) is 14.9. The number of rotatable bonds is 3. The highest BCUT2D eigenvalue weighted by Crippen LogP contribution is 2.36. The van der Waals surface area contributed by atoms with E-state index in [1.54, 1.807) is 0 Å². The van der Waals surface area contributed by atoms with Crippen molar-refractivity contribution in [1.29, 1.82) is 0 Å². The highest BCUT2D eigenvalue weighted by atomic mass is 35.5. The summed E-state index contributed by atoms with van der Waals surface area (Å²) in [6.45, 7) is 7.24. The van der Waals surface area contributed by atoms with Gasteiger partial charge in [-0.15, -0.1) is 12.4 Å². The molecule has 2 aromatic rings. The molecule has 0 fully saturated rings. The lowest BCUT2D eigenvalue weighted by molar-refractivity contribution is -0.161. The van der Waals surface area contributed by atoms with Gasteiger partial charge in [-0.3, -0.25) is 4.90 Å². The topological polar surface area (TPSA) is 29.5 Å². The standard InChI is InChI=1S/C20H23NO2.ClH/c1-20(2,3)23-19(22)18-17-12-8-7-11-16(17)14-21(18)13-15-9-5-4-6-10-15;/h4-12,18H,13-14H2,1-3H3;1H. The van der Waals surface area contributed by atoms with Gasteiger partial charge >= 0.3 is 5.97 Å². The van der Waals surface area contributed by atoms with E-state index < -0.39 is 5.60 Å². The van der Waals surface area contributed by atoms with E-state index in [1.807, 2.05) is 57.2 Å². The second-order valence-electron chi connectivity index (χ2n) is 7.03. The molecule has 0 N–H and O–H groups in total. The van der Waals surface area contributed by atoms with Crippen LogP contribution >= 0.6 is 12.4 Å². The van der Waals surface area contributed by atoms with E-state index in [9.17, 15) is 4.79 Å². The van der Waals surface area contributed by atoms with E-state index in [1.165, 1.54) is 11.1 Å². The van der Waals surface area contributed by atoms with Crippen LogP contribution in [0, 0.1) is 0 Å². The Bertz CT molecular complexity index is 694. The van der Waals surface area contributed by atoms with Gasteiger partial charge in [-0.25, -0.2) is 4.79 Å². The van der Waals surface area contributed by atoms with Gasteiger partial charge in [0.2, 0.25) is 0 Å². The predicted octanol–water partition coefficient (Wildman–Crippen LogP) is 4.51. The molecule has 0 saturated carbocycles. The summed E-state index contributed by atoms with van der Waals surface area (Å²) in [5.74, 6) is -0.168. The Balaban J connectivity index is 0.00000208. The van der Waals surface area contributed by atoms with Crippen LogP contribution in [0.5, 0.6) is 0 Å². The van der Waals surface area contributed by atoms with Crippen LogP contribution in [0.1, 0.15) is 43.5 Å². The molecule has 1 unspecified atom stereocenters. The highest BCUT2D eigenvalue weighted by Gasteiger charge is 2.37. The lowest BCUT2D eigenvalue weighted by atomic mass is 10.0. The van der Waals surface area contributed by atoms with Gasteiger partial charge in [-0.1, -0.05) is 54.6 Å². The average Bonchev–Trinajstić information content (AvgIpc) is 2.84. The van der Waals surface area contributed by atoms with Gasteiger partial charge in [0.25, 0.3) is 0 Å². The predicted molar refractivity (Wildman–Crippen MR) is 98.0 cm³/mol. The number of esters is 1. The third-order valence-corrected chi connectivity index (χ3v) is 3.95. The number of nitrogens with zero attached hydrogens (tertiary/aromatic N) is 1. The second kappa shape index (κ2) is 7.37. The van der Waals surface area contributed by atoms with Crippen molar-refractivity contribution >= 4 is 18.4 Å². The molecular weight excluding hydrogens is 322 g/mol. The fourth-order valence-electron chi connectivity index (χ4n) is 3.05. The SMILES string of the molecule is CC(C)(C)OC(=O)C1c2ccccc2CN1Cc1ccccc1.Cl. The smallest absolute Gasteiger partial charge is 0.328 e. The zero-order valence-corrected chi connectivity index (χ0v) is 15.2. The normalized spacial score (nSPS) is 17.0. The van der Waals surface area contributed by atoms with Crippen molar-refractivity contribution in [3.05, 3.63) is 71.3 Å². The first-order valence-electron chi connectivity index (χ1n) is 8.03. The van der Waals surface area contributed by atoms with E-state index in [0.29, 0.717) is 0 Å². The van der Waals surface area contributed by atoms with Crippen molar-refractivity contribution in [2.75, 3.05) is 0 Å². The van der Waals surface area contributed by atoms with Crippen LogP contribution in [-0.2, 0) is 22.6 Å². The molecule has 0 saturated heterocycles. The Morgan fingerprint density at radius 1 is 1.08 bits per heavy atom. The van der Waals surface area contributed by atoms with Crippen molar-refractivity contribution in [3.63, 3.8) is 0 Å². The van der Waals surface area contributed by atoms with Crippen LogP contribution in [0.15, 0.2) is 54.6 Å². The first kappa shape index (κ1) is 18.5. The molecule has 2 aromatic carbocycles. The Morgan fingerprint density at radius 3 is 2.38 bits per heavy atom. The Kier molecular flexibility index (Phi) is 5.68. The largest absolute Gasteiger partial charge is 0.459 e. The Hall–Kier alpha value is -1.84. The number of carbonyl (C=O) groups excluding carboxylic acids is 1. The van der Waals surface area contributed by atoms with Gasteiger partial charge < -0.3 is 4.74 Å². The molecule has 1 atom stereocenters. The number of hydrogen-bond acceptors (Lipinski definition) is 3. The monoisotopic (exact) mass is 345 g/mol. The summed E-state index contributed by atoms with van der Waals surface area (Å²) in [5, 5.41) is 0. The van der Waals surface area contributed by atoms with Gasteiger partial charge in [0.15, 0.2) is 0 Å². The van der Waals surface area contributed by atoms with E-state index in [0.717, 1.165) is 18.7 Å². The quantitative estimate of drug-likeness (QED) is 0.767. The van der Waals surface area contributed by atoms with E-state index in [2.05, 4.69) is 23.1 Å². The summed E-state index contributed by atoms with van der Waals surface area (Å²) in [5.41, 5.74) is 3.00. The lowest BCUT2D eigenvalue weighted by Gasteiger charge is -2.27. The first-order chi connectivity index (χ1) is 10.9.